The molecule has 0 aliphatic heterocycles. The van der Waals surface area contributed by atoms with E-state index >= 15 is 0 Å². The zero-order valence-electron chi connectivity index (χ0n) is 11.1. The molecule has 0 saturated carbocycles. The Morgan fingerprint density at radius 3 is 2.23 bits per heavy atom. The predicted molar refractivity (Wildman–Crippen MR) is 92.7 cm³/mol. The topological polar surface area (TPSA) is 50.2 Å². The Kier molecular flexibility index (Phi) is 4.29. The van der Waals surface area contributed by atoms with E-state index in [0.29, 0.717) is 15.7 Å². The van der Waals surface area contributed by atoms with Crippen LogP contribution in [-0.4, -0.2) is 16.1 Å². The molecular formula is C16H9BrClNO2S. The molecule has 3 rings (SSSR count). The fourth-order valence-electron chi connectivity index (χ4n) is 1.98. The van der Waals surface area contributed by atoms with Crippen LogP contribution in [-0.2, 0) is 0 Å². The van der Waals surface area contributed by atoms with E-state index in [9.17, 15) is 9.90 Å². The standard InChI is InChI=1S/C16H9BrClNO2S/c17-11-5-1-9(2-6-11)13-14(16(20)21)22-15(19-13)10-3-7-12(18)8-4-10/h1-8H,(H,20,21). The number of carbonyl (C=O) groups is 1. The Hall–Kier alpha value is -1.69. The highest BCUT2D eigenvalue weighted by molar-refractivity contribution is 9.10. The normalized spacial score (nSPS) is 10.6. The highest BCUT2D eigenvalue weighted by atomic mass is 79.9. The molecule has 1 N–H and O–H groups in total. The lowest BCUT2D eigenvalue weighted by Crippen LogP contribution is -1.95. The van der Waals surface area contributed by atoms with E-state index in [4.69, 9.17) is 11.6 Å². The summed E-state index contributed by atoms with van der Waals surface area (Å²) < 4.78 is 0.932. The lowest BCUT2D eigenvalue weighted by atomic mass is 10.1. The summed E-state index contributed by atoms with van der Waals surface area (Å²) in [6.07, 6.45) is 0. The first-order chi connectivity index (χ1) is 10.5. The molecule has 22 heavy (non-hydrogen) atoms. The average molecular weight is 395 g/mol. The van der Waals surface area contributed by atoms with Crippen LogP contribution in [0, 0.1) is 0 Å². The predicted octanol–water partition coefficient (Wildman–Crippen LogP) is 5.59. The molecule has 3 nitrogen and oxygen atoms in total. The van der Waals surface area contributed by atoms with Crippen LogP contribution in [0.2, 0.25) is 5.02 Å². The van der Waals surface area contributed by atoms with Crippen molar-refractivity contribution >= 4 is 44.8 Å². The summed E-state index contributed by atoms with van der Waals surface area (Å²) >= 11 is 10.4. The summed E-state index contributed by atoms with van der Waals surface area (Å²) in [6.45, 7) is 0. The largest absolute Gasteiger partial charge is 0.477 e. The van der Waals surface area contributed by atoms with Gasteiger partial charge in [-0.25, -0.2) is 9.78 Å². The number of carboxylic acid groups (broad SMARTS) is 1. The number of halogens is 2. The van der Waals surface area contributed by atoms with Crippen LogP contribution in [0.1, 0.15) is 9.67 Å². The third-order valence-electron chi connectivity index (χ3n) is 3.03. The van der Waals surface area contributed by atoms with Crippen molar-refractivity contribution < 1.29 is 9.90 Å². The van der Waals surface area contributed by atoms with Crippen molar-refractivity contribution in [1.82, 2.24) is 4.98 Å². The summed E-state index contributed by atoms with van der Waals surface area (Å²) in [5.41, 5.74) is 2.10. The SMILES string of the molecule is O=C(O)c1sc(-c2ccc(Cl)cc2)nc1-c1ccc(Br)cc1. The molecule has 0 aliphatic rings. The highest BCUT2D eigenvalue weighted by Crippen LogP contribution is 2.34. The van der Waals surface area contributed by atoms with Crippen molar-refractivity contribution in [2.45, 2.75) is 0 Å². The highest BCUT2D eigenvalue weighted by Gasteiger charge is 2.19. The van der Waals surface area contributed by atoms with E-state index in [0.717, 1.165) is 26.9 Å². The molecule has 3 aromatic rings. The second-order valence-electron chi connectivity index (χ2n) is 4.52. The lowest BCUT2D eigenvalue weighted by molar-refractivity contribution is 0.0702. The summed E-state index contributed by atoms with van der Waals surface area (Å²) in [5.74, 6) is -0.976. The molecule has 0 unspecified atom stereocenters. The van der Waals surface area contributed by atoms with Crippen molar-refractivity contribution in [2.24, 2.45) is 0 Å². The first kappa shape index (κ1) is 15.2. The number of aromatic carboxylic acids is 1. The molecule has 0 saturated heterocycles. The van der Waals surface area contributed by atoms with Gasteiger partial charge in [-0.05, 0) is 24.3 Å². The van der Waals surface area contributed by atoms with Gasteiger partial charge in [-0.3, -0.25) is 0 Å². The van der Waals surface area contributed by atoms with Crippen LogP contribution < -0.4 is 0 Å². The molecule has 0 radical (unpaired) electrons. The van der Waals surface area contributed by atoms with Crippen molar-refractivity contribution in [3.05, 3.63) is 62.9 Å². The molecule has 110 valence electrons. The summed E-state index contributed by atoms with van der Waals surface area (Å²) in [6, 6.07) is 14.6. The fourth-order valence-corrected chi connectivity index (χ4v) is 3.31. The molecule has 1 heterocycles. The van der Waals surface area contributed by atoms with Crippen LogP contribution >= 0.6 is 38.9 Å². The number of hydrogen-bond donors (Lipinski definition) is 1. The summed E-state index contributed by atoms with van der Waals surface area (Å²) in [4.78, 5) is 16.2. The first-order valence-electron chi connectivity index (χ1n) is 6.30. The summed E-state index contributed by atoms with van der Waals surface area (Å²) in [7, 11) is 0. The zero-order chi connectivity index (χ0) is 15.7. The molecule has 0 fully saturated rings. The van der Waals surface area contributed by atoms with E-state index < -0.39 is 5.97 Å². The number of nitrogens with zero attached hydrogens (tertiary/aromatic N) is 1. The Morgan fingerprint density at radius 2 is 1.64 bits per heavy atom. The second-order valence-corrected chi connectivity index (χ2v) is 6.87. The number of thiazole rings is 1. The number of hydrogen-bond acceptors (Lipinski definition) is 3. The van der Waals surface area contributed by atoms with Gasteiger partial charge in [0.15, 0.2) is 0 Å². The summed E-state index contributed by atoms with van der Waals surface area (Å²) in [5, 5.41) is 10.7. The van der Waals surface area contributed by atoms with Crippen LogP contribution in [0.3, 0.4) is 0 Å². The number of carboxylic acids is 1. The van der Waals surface area contributed by atoms with Crippen molar-refractivity contribution in [3.63, 3.8) is 0 Å². The second kappa shape index (κ2) is 6.20. The van der Waals surface area contributed by atoms with E-state index in [1.807, 2.05) is 36.4 Å². The monoisotopic (exact) mass is 393 g/mol. The van der Waals surface area contributed by atoms with Crippen molar-refractivity contribution in [1.29, 1.82) is 0 Å². The third-order valence-corrected chi connectivity index (χ3v) is 4.90. The van der Waals surface area contributed by atoms with Gasteiger partial charge >= 0.3 is 5.97 Å². The minimum absolute atomic E-state index is 0.229. The molecule has 0 spiro atoms. The van der Waals surface area contributed by atoms with Crippen LogP contribution in [0.15, 0.2) is 53.0 Å². The molecule has 0 aliphatic carbocycles. The van der Waals surface area contributed by atoms with Gasteiger partial charge in [0, 0.05) is 20.6 Å². The number of benzene rings is 2. The van der Waals surface area contributed by atoms with E-state index in [-0.39, 0.29) is 4.88 Å². The fraction of sp³-hybridized carbons (Fsp3) is 0. The molecule has 1 aromatic heterocycles. The van der Waals surface area contributed by atoms with Crippen LogP contribution in [0.5, 0.6) is 0 Å². The lowest BCUT2D eigenvalue weighted by Gasteiger charge is -1.99. The van der Waals surface area contributed by atoms with Crippen LogP contribution in [0.4, 0.5) is 0 Å². The van der Waals surface area contributed by atoms with Gasteiger partial charge in [0.05, 0.1) is 5.69 Å². The quantitative estimate of drug-likeness (QED) is 0.630. The van der Waals surface area contributed by atoms with Crippen LogP contribution in [0.25, 0.3) is 21.8 Å². The maximum atomic E-state index is 11.5. The van der Waals surface area contributed by atoms with Gasteiger partial charge in [-0.15, -0.1) is 11.3 Å². The average Bonchev–Trinajstić information content (AvgIpc) is 2.94. The third kappa shape index (κ3) is 3.06. The van der Waals surface area contributed by atoms with E-state index in [1.54, 1.807) is 12.1 Å². The maximum absolute atomic E-state index is 11.5. The van der Waals surface area contributed by atoms with Gasteiger partial charge in [-0.2, -0.15) is 0 Å². The van der Waals surface area contributed by atoms with Gasteiger partial charge in [0.1, 0.15) is 9.88 Å². The molecular weight excluding hydrogens is 386 g/mol. The molecule has 0 atom stereocenters. The molecule has 2 aromatic carbocycles. The zero-order valence-corrected chi connectivity index (χ0v) is 14.2. The van der Waals surface area contributed by atoms with Crippen molar-refractivity contribution in [3.8, 4) is 21.8 Å². The number of aromatic nitrogens is 1. The van der Waals surface area contributed by atoms with E-state index in [1.165, 1.54) is 0 Å². The Balaban J connectivity index is 2.11. The molecule has 0 amide bonds. The first-order valence-corrected chi connectivity index (χ1v) is 8.29. The Labute approximate surface area is 144 Å². The van der Waals surface area contributed by atoms with Crippen molar-refractivity contribution in [2.75, 3.05) is 0 Å². The Bertz CT molecular complexity index is 828. The molecule has 0 bridgehead atoms. The maximum Gasteiger partial charge on any atom is 0.348 e. The van der Waals surface area contributed by atoms with Gasteiger partial charge in [0.2, 0.25) is 0 Å². The minimum atomic E-state index is -0.976. The smallest absolute Gasteiger partial charge is 0.348 e. The van der Waals surface area contributed by atoms with Gasteiger partial charge in [0.25, 0.3) is 0 Å². The molecule has 6 heteroatoms. The van der Waals surface area contributed by atoms with E-state index in [2.05, 4.69) is 20.9 Å². The van der Waals surface area contributed by atoms with Gasteiger partial charge in [-0.1, -0.05) is 51.8 Å². The minimum Gasteiger partial charge on any atom is -0.477 e. The Morgan fingerprint density at radius 1 is 1.05 bits per heavy atom. The van der Waals surface area contributed by atoms with Gasteiger partial charge < -0.3 is 5.11 Å². The number of rotatable bonds is 3.